The molecule has 4 aliphatic carbocycles. The van der Waals surface area contributed by atoms with E-state index in [2.05, 4.69) is 10.6 Å². The van der Waals surface area contributed by atoms with E-state index in [1.54, 1.807) is 13.0 Å². The van der Waals surface area contributed by atoms with Gasteiger partial charge < -0.3 is 10.1 Å². The van der Waals surface area contributed by atoms with Gasteiger partial charge in [0.15, 0.2) is 6.61 Å². The van der Waals surface area contributed by atoms with E-state index in [0.717, 1.165) is 38.5 Å². The number of esters is 1. The zero-order valence-electron chi connectivity index (χ0n) is 20.8. The molecule has 36 heavy (non-hydrogen) atoms. The standard InChI is InChI=1S/C26H35N3O6S/c1-17-5-6-21(36(33,34)29-7-3-2-4-8-29)12-22(17)24(31)35-16-23(30)27-25(32)28-26-13-18-9-19(14-26)11-20(10-18)15-26/h5-6,12,18-20H,2-4,7-11,13-16H2,1H3,(H2,27,28,30,32). The molecule has 196 valence electrons. The van der Waals surface area contributed by atoms with Crippen molar-refractivity contribution in [1.29, 1.82) is 0 Å². The fourth-order valence-electron chi connectivity index (χ4n) is 7.14. The number of hydrogen-bond acceptors (Lipinski definition) is 6. The molecule has 6 rings (SSSR count). The number of benzene rings is 1. The average molecular weight is 518 g/mol. The number of rotatable bonds is 6. The van der Waals surface area contributed by atoms with Crippen molar-refractivity contribution in [3.8, 4) is 0 Å². The largest absolute Gasteiger partial charge is 0.452 e. The summed E-state index contributed by atoms with van der Waals surface area (Å²) in [6.07, 6.45) is 9.26. The summed E-state index contributed by atoms with van der Waals surface area (Å²) in [5, 5.41) is 5.34. The number of aryl methyl sites for hydroxylation is 1. The number of carbonyl (C=O) groups is 3. The summed E-state index contributed by atoms with van der Waals surface area (Å²) < 4.78 is 32.6. The Balaban J connectivity index is 1.16. The molecular weight excluding hydrogens is 482 g/mol. The van der Waals surface area contributed by atoms with Crippen molar-refractivity contribution in [2.24, 2.45) is 17.8 Å². The molecular formula is C26H35N3O6S. The lowest BCUT2D eigenvalue weighted by Gasteiger charge is -2.56. The monoisotopic (exact) mass is 517 g/mol. The third-order valence-corrected chi connectivity index (χ3v) is 10.3. The molecule has 1 aromatic carbocycles. The van der Waals surface area contributed by atoms with Gasteiger partial charge in [0, 0.05) is 18.6 Å². The average Bonchev–Trinajstić information content (AvgIpc) is 2.82. The van der Waals surface area contributed by atoms with Crippen molar-refractivity contribution in [3.63, 3.8) is 0 Å². The number of sulfonamides is 1. The quantitative estimate of drug-likeness (QED) is 0.559. The first kappa shape index (κ1) is 25.2. The molecule has 1 aromatic rings. The first-order valence-corrected chi connectivity index (χ1v) is 14.5. The minimum absolute atomic E-state index is 0.0290. The number of hydrogen-bond donors (Lipinski definition) is 2. The van der Waals surface area contributed by atoms with Crippen LogP contribution in [0, 0.1) is 24.7 Å². The van der Waals surface area contributed by atoms with Crippen LogP contribution in [0.25, 0.3) is 0 Å². The number of imide groups is 1. The van der Waals surface area contributed by atoms with Gasteiger partial charge in [-0.3, -0.25) is 10.1 Å². The number of nitrogens with zero attached hydrogens (tertiary/aromatic N) is 1. The minimum atomic E-state index is -3.71. The Kier molecular flexibility index (Phi) is 6.84. The van der Waals surface area contributed by atoms with Crippen LogP contribution in [0.4, 0.5) is 4.79 Å². The molecule has 1 saturated heterocycles. The van der Waals surface area contributed by atoms with E-state index in [-0.39, 0.29) is 16.0 Å². The van der Waals surface area contributed by atoms with E-state index in [0.29, 0.717) is 36.4 Å². The molecule has 10 heteroatoms. The van der Waals surface area contributed by atoms with Gasteiger partial charge in [-0.25, -0.2) is 18.0 Å². The van der Waals surface area contributed by atoms with Crippen LogP contribution in [0.3, 0.4) is 0 Å². The molecule has 0 atom stereocenters. The summed E-state index contributed by atoms with van der Waals surface area (Å²) >= 11 is 0. The molecule has 1 heterocycles. The van der Waals surface area contributed by atoms with Gasteiger partial charge in [-0.05, 0) is 93.7 Å². The number of ether oxygens (including phenoxy) is 1. The van der Waals surface area contributed by atoms with Gasteiger partial charge in [-0.15, -0.1) is 0 Å². The van der Waals surface area contributed by atoms with Crippen LogP contribution in [0.5, 0.6) is 0 Å². The molecule has 0 radical (unpaired) electrons. The normalized spacial score (nSPS) is 29.5. The van der Waals surface area contributed by atoms with Crippen LogP contribution >= 0.6 is 0 Å². The summed E-state index contributed by atoms with van der Waals surface area (Å²) in [5.74, 6) is 0.447. The van der Waals surface area contributed by atoms with Crippen LogP contribution in [0.2, 0.25) is 0 Å². The van der Waals surface area contributed by atoms with E-state index < -0.39 is 34.5 Å². The highest BCUT2D eigenvalue weighted by Gasteiger charge is 2.51. The molecule has 1 aliphatic heterocycles. The number of carbonyl (C=O) groups excluding carboxylic acids is 3. The van der Waals surface area contributed by atoms with Crippen molar-refractivity contribution in [2.75, 3.05) is 19.7 Å². The summed E-state index contributed by atoms with van der Waals surface area (Å²) in [6.45, 7) is 1.96. The molecule has 5 aliphatic rings. The van der Waals surface area contributed by atoms with Gasteiger partial charge in [-0.2, -0.15) is 4.31 Å². The van der Waals surface area contributed by atoms with E-state index in [1.807, 2.05) is 0 Å². The maximum Gasteiger partial charge on any atom is 0.338 e. The lowest BCUT2D eigenvalue weighted by Crippen LogP contribution is -2.62. The van der Waals surface area contributed by atoms with Crippen molar-refractivity contribution in [2.45, 2.75) is 75.1 Å². The van der Waals surface area contributed by atoms with Crippen LogP contribution in [0.1, 0.15) is 73.7 Å². The van der Waals surface area contributed by atoms with Gasteiger partial charge in [0.25, 0.3) is 5.91 Å². The Morgan fingerprint density at radius 3 is 2.22 bits per heavy atom. The maximum absolute atomic E-state index is 13.0. The number of urea groups is 1. The smallest absolute Gasteiger partial charge is 0.338 e. The predicted molar refractivity (Wildman–Crippen MR) is 132 cm³/mol. The highest BCUT2D eigenvalue weighted by atomic mass is 32.2. The first-order valence-electron chi connectivity index (χ1n) is 13.0. The van der Waals surface area contributed by atoms with E-state index >= 15 is 0 Å². The molecule has 0 aromatic heterocycles. The number of amides is 3. The van der Waals surface area contributed by atoms with Gasteiger partial charge in [0.2, 0.25) is 10.0 Å². The molecule has 4 bridgehead atoms. The molecule has 5 fully saturated rings. The Bertz CT molecular complexity index is 1120. The zero-order valence-corrected chi connectivity index (χ0v) is 21.6. The Morgan fingerprint density at radius 2 is 1.61 bits per heavy atom. The van der Waals surface area contributed by atoms with Crippen LogP contribution in [0.15, 0.2) is 23.1 Å². The van der Waals surface area contributed by atoms with E-state index in [1.165, 1.54) is 35.7 Å². The summed E-state index contributed by atoms with van der Waals surface area (Å²) in [5.41, 5.74) is 0.393. The third-order valence-electron chi connectivity index (χ3n) is 8.39. The van der Waals surface area contributed by atoms with Crippen molar-refractivity contribution >= 4 is 27.9 Å². The Hall–Kier alpha value is -2.46. The molecule has 0 unspecified atom stereocenters. The molecule has 0 spiro atoms. The first-order chi connectivity index (χ1) is 17.1. The molecule has 4 saturated carbocycles. The molecule has 2 N–H and O–H groups in total. The highest BCUT2D eigenvalue weighted by Crippen LogP contribution is 2.55. The summed E-state index contributed by atoms with van der Waals surface area (Å²) in [7, 11) is -3.71. The Morgan fingerprint density at radius 1 is 1.00 bits per heavy atom. The second kappa shape index (κ2) is 9.78. The summed E-state index contributed by atoms with van der Waals surface area (Å²) in [6, 6.07) is 3.80. The molecule has 9 nitrogen and oxygen atoms in total. The van der Waals surface area contributed by atoms with Crippen LogP contribution in [-0.2, 0) is 19.6 Å². The third kappa shape index (κ3) is 5.16. The SMILES string of the molecule is Cc1ccc(S(=O)(=O)N2CCCCC2)cc1C(=O)OCC(=O)NC(=O)NC12CC3CC(CC(C3)C1)C2. The number of nitrogens with one attached hydrogen (secondary N) is 2. The topological polar surface area (TPSA) is 122 Å². The van der Waals surface area contributed by atoms with Crippen molar-refractivity contribution < 1.29 is 27.5 Å². The van der Waals surface area contributed by atoms with Gasteiger partial charge >= 0.3 is 12.0 Å². The van der Waals surface area contributed by atoms with Crippen LogP contribution < -0.4 is 10.6 Å². The fraction of sp³-hybridized carbons (Fsp3) is 0.654. The van der Waals surface area contributed by atoms with E-state index in [4.69, 9.17) is 4.74 Å². The second-order valence-corrected chi connectivity index (χ2v) is 13.2. The lowest BCUT2D eigenvalue weighted by molar-refractivity contribution is -0.123. The van der Waals surface area contributed by atoms with Crippen LogP contribution in [-0.4, -0.2) is 55.9 Å². The zero-order chi connectivity index (χ0) is 25.5. The fourth-order valence-corrected chi connectivity index (χ4v) is 8.69. The Labute approximate surface area is 212 Å². The maximum atomic E-state index is 13.0. The van der Waals surface area contributed by atoms with Gasteiger partial charge in [-0.1, -0.05) is 12.5 Å². The van der Waals surface area contributed by atoms with Gasteiger partial charge in [0.1, 0.15) is 0 Å². The summed E-state index contributed by atoms with van der Waals surface area (Å²) in [4.78, 5) is 37.6. The number of piperidine rings is 1. The van der Waals surface area contributed by atoms with Crippen molar-refractivity contribution in [3.05, 3.63) is 29.3 Å². The van der Waals surface area contributed by atoms with Crippen molar-refractivity contribution in [1.82, 2.24) is 14.9 Å². The highest BCUT2D eigenvalue weighted by molar-refractivity contribution is 7.89. The van der Waals surface area contributed by atoms with Gasteiger partial charge in [0.05, 0.1) is 10.5 Å². The molecule has 3 amide bonds. The van der Waals surface area contributed by atoms with E-state index in [9.17, 15) is 22.8 Å². The predicted octanol–water partition coefficient (Wildman–Crippen LogP) is 3.12. The lowest BCUT2D eigenvalue weighted by atomic mass is 9.53. The minimum Gasteiger partial charge on any atom is -0.452 e. The second-order valence-electron chi connectivity index (χ2n) is 11.2.